The summed E-state index contributed by atoms with van der Waals surface area (Å²) in [6.45, 7) is 2.17. The van der Waals surface area contributed by atoms with E-state index in [-0.39, 0.29) is 0 Å². The highest BCUT2D eigenvalue weighted by molar-refractivity contribution is 5.33. The van der Waals surface area contributed by atoms with Crippen molar-refractivity contribution in [1.29, 1.82) is 0 Å². The predicted octanol–water partition coefficient (Wildman–Crippen LogP) is 2.46. The Balaban J connectivity index is 2.26. The zero-order chi connectivity index (χ0) is 9.31. The first-order chi connectivity index (χ1) is 6.29. The molecule has 1 nitrogen and oxygen atoms in total. The number of hydrogen-bond acceptors (Lipinski definition) is 1. The Labute approximate surface area is 80.0 Å². The maximum atomic E-state index is 6.15. The Morgan fingerprint density at radius 2 is 1.92 bits per heavy atom. The molecule has 70 valence electrons. The van der Waals surface area contributed by atoms with Crippen LogP contribution in [-0.4, -0.2) is 6.04 Å². The summed E-state index contributed by atoms with van der Waals surface area (Å²) in [6, 6.07) is 11.0. The zero-order valence-electron chi connectivity index (χ0n) is 8.16. The van der Waals surface area contributed by atoms with E-state index in [1.165, 1.54) is 18.4 Å². The van der Waals surface area contributed by atoms with Crippen LogP contribution in [0.1, 0.15) is 31.7 Å². The molecule has 0 aliphatic heterocycles. The van der Waals surface area contributed by atoms with Gasteiger partial charge in [0.25, 0.3) is 0 Å². The Bertz CT molecular complexity index is 274. The standard InChI is InChI=1S/C12H17N/c1-2-11(13)12(8-9-12)10-6-4-3-5-7-10/h3-7,11H,2,8-9,13H2,1H3/t11-/m0/s1. The first-order valence-corrected chi connectivity index (χ1v) is 5.11. The van der Waals surface area contributed by atoms with Crippen LogP contribution in [0.3, 0.4) is 0 Å². The van der Waals surface area contributed by atoms with Crippen molar-refractivity contribution < 1.29 is 0 Å². The van der Waals surface area contributed by atoms with Crippen molar-refractivity contribution in [3.05, 3.63) is 35.9 Å². The van der Waals surface area contributed by atoms with Crippen molar-refractivity contribution >= 4 is 0 Å². The van der Waals surface area contributed by atoms with Crippen molar-refractivity contribution in [2.75, 3.05) is 0 Å². The molecule has 0 bridgehead atoms. The number of benzene rings is 1. The topological polar surface area (TPSA) is 26.0 Å². The lowest BCUT2D eigenvalue weighted by Crippen LogP contribution is -2.33. The first kappa shape index (κ1) is 8.76. The quantitative estimate of drug-likeness (QED) is 0.750. The van der Waals surface area contributed by atoms with Crippen LogP contribution in [0.5, 0.6) is 0 Å². The molecule has 0 unspecified atom stereocenters. The maximum Gasteiger partial charge on any atom is 0.0134 e. The van der Waals surface area contributed by atoms with E-state index in [0.717, 1.165) is 6.42 Å². The second-order valence-electron chi connectivity index (χ2n) is 4.04. The van der Waals surface area contributed by atoms with Crippen LogP contribution in [0.4, 0.5) is 0 Å². The van der Waals surface area contributed by atoms with Crippen LogP contribution in [0.25, 0.3) is 0 Å². The van der Waals surface area contributed by atoms with Gasteiger partial charge in [-0.1, -0.05) is 37.3 Å². The van der Waals surface area contributed by atoms with E-state index in [2.05, 4.69) is 37.3 Å². The molecule has 2 N–H and O–H groups in total. The van der Waals surface area contributed by atoms with Crippen LogP contribution < -0.4 is 5.73 Å². The minimum absolute atomic E-state index is 0.329. The molecule has 1 aliphatic carbocycles. The molecule has 2 rings (SSSR count). The molecule has 0 heterocycles. The minimum Gasteiger partial charge on any atom is -0.327 e. The second kappa shape index (κ2) is 3.15. The van der Waals surface area contributed by atoms with E-state index in [4.69, 9.17) is 5.73 Å². The molecule has 1 aliphatic rings. The molecular formula is C12H17N. The highest BCUT2D eigenvalue weighted by Crippen LogP contribution is 2.50. The summed E-state index contributed by atoms with van der Waals surface area (Å²) < 4.78 is 0. The average Bonchev–Trinajstić information content (AvgIpc) is 2.99. The first-order valence-electron chi connectivity index (χ1n) is 5.11. The molecule has 1 atom stereocenters. The van der Waals surface area contributed by atoms with Crippen LogP contribution >= 0.6 is 0 Å². The van der Waals surface area contributed by atoms with Gasteiger partial charge in [0, 0.05) is 11.5 Å². The Morgan fingerprint density at radius 1 is 1.31 bits per heavy atom. The number of rotatable bonds is 3. The van der Waals surface area contributed by atoms with Crippen molar-refractivity contribution in [1.82, 2.24) is 0 Å². The van der Waals surface area contributed by atoms with Crippen molar-refractivity contribution in [3.8, 4) is 0 Å². The van der Waals surface area contributed by atoms with Gasteiger partial charge in [0.15, 0.2) is 0 Å². The summed E-state index contributed by atoms with van der Waals surface area (Å²) in [4.78, 5) is 0. The molecule has 0 amide bonds. The van der Waals surface area contributed by atoms with Gasteiger partial charge in [0.05, 0.1) is 0 Å². The molecular weight excluding hydrogens is 158 g/mol. The van der Waals surface area contributed by atoms with Gasteiger partial charge in [-0.25, -0.2) is 0 Å². The molecule has 1 aromatic rings. The van der Waals surface area contributed by atoms with E-state index in [0.29, 0.717) is 11.5 Å². The Kier molecular flexibility index (Phi) is 2.12. The fourth-order valence-corrected chi connectivity index (χ4v) is 2.17. The average molecular weight is 175 g/mol. The largest absolute Gasteiger partial charge is 0.327 e. The number of nitrogens with two attached hydrogens (primary N) is 1. The fourth-order valence-electron chi connectivity index (χ4n) is 2.17. The van der Waals surface area contributed by atoms with Crippen LogP contribution in [0.2, 0.25) is 0 Å². The summed E-state index contributed by atoms with van der Waals surface area (Å²) in [7, 11) is 0. The van der Waals surface area contributed by atoms with E-state index in [1.807, 2.05) is 0 Å². The van der Waals surface area contributed by atoms with Gasteiger partial charge in [-0.2, -0.15) is 0 Å². The normalized spacial score (nSPS) is 21.1. The van der Waals surface area contributed by atoms with E-state index in [1.54, 1.807) is 0 Å². The van der Waals surface area contributed by atoms with Gasteiger partial charge < -0.3 is 5.73 Å². The lowest BCUT2D eigenvalue weighted by molar-refractivity contribution is 0.503. The smallest absolute Gasteiger partial charge is 0.0134 e. The SMILES string of the molecule is CC[C@H](N)C1(c2ccccc2)CC1. The van der Waals surface area contributed by atoms with Crippen LogP contribution in [0, 0.1) is 0 Å². The molecule has 0 radical (unpaired) electrons. The van der Waals surface area contributed by atoms with E-state index < -0.39 is 0 Å². The third-order valence-corrected chi connectivity index (χ3v) is 3.29. The molecule has 1 fully saturated rings. The summed E-state index contributed by atoms with van der Waals surface area (Å²) in [5.74, 6) is 0. The summed E-state index contributed by atoms with van der Waals surface area (Å²) in [6.07, 6.45) is 3.62. The third kappa shape index (κ3) is 1.37. The van der Waals surface area contributed by atoms with Gasteiger partial charge in [-0.3, -0.25) is 0 Å². The molecule has 0 saturated heterocycles. The molecule has 0 aromatic heterocycles. The van der Waals surface area contributed by atoms with Crippen LogP contribution in [-0.2, 0) is 5.41 Å². The summed E-state index contributed by atoms with van der Waals surface area (Å²) in [5, 5.41) is 0. The lowest BCUT2D eigenvalue weighted by Gasteiger charge is -2.22. The van der Waals surface area contributed by atoms with Gasteiger partial charge in [-0.15, -0.1) is 0 Å². The zero-order valence-corrected chi connectivity index (χ0v) is 8.16. The summed E-state index contributed by atoms with van der Waals surface area (Å²) >= 11 is 0. The van der Waals surface area contributed by atoms with Crippen molar-refractivity contribution in [2.45, 2.75) is 37.6 Å². The minimum atomic E-state index is 0.329. The lowest BCUT2D eigenvalue weighted by atomic mass is 9.87. The second-order valence-corrected chi connectivity index (χ2v) is 4.04. The molecule has 1 saturated carbocycles. The molecule has 1 heteroatoms. The van der Waals surface area contributed by atoms with Gasteiger partial charge in [-0.05, 0) is 24.8 Å². The number of hydrogen-bond donors (Lipinski definition) is 1. The molecule has 0 spiro atoms. The Morgan fingerprint density at radius 3 is 2.38 bits per heavy atom. The Hall–Kier alpha value is -0.820. The fraction of sp³-hybridized carbons (Fsp3) is 0.500. The maximum absolute atomic E-state index is 6.15. The molecule has 1 aromatic carbocycles. The molecule has 13 heavy (non-hydrogen) atoms. The third-order valence-electron chi connectivity index (χ3n) is 3.29. The van der Waals surface area contributed by atoms with Crippen molar-refractivity contribution in [2.24, 2.45) is 5.73 Å². The van der Waals surface area contributed by atoms with Gasteiger partial charge in [0.1, 0.15) is 0 Å². The highest BCUT2D eigenvalue weighted by Gasteiger charge is 2.48. The van der Waals surface area contributed by atoms with E-state index >= 15 is 0 Å². The van der Waals surface area contributed by atoms with Crippen molar-refractivity contribution in [3.63, 3.8) is 0 Å². The highest BCUT2D eigenvalue weighted by atomic mass is 14.7. The van der Waals surface area contributed by atoms with Gasteiger partial charge in [0.2, 0.25) is 0 Å². The monoisotopic (exact) mass is 175 g/mol. The summed E-state index contributed by atoms with van der Waals surface area (Å²) in [5.41, 5.74) is 7.91. The van der Waals surface area contributed by atoms with Gasteiger partial charge >= 0.3 is 0 Å². The van der Waals surface area contributed by atoms with Crippen LogP contribution in [0.15, 0.2) is 30.3 Å². The predicted molar refractivity (Wildman–Crippen MR) is 55.6 cm³/mol. The van der Waals surface area contributed by atoms with E-state index in [9.17, 15) is 0 Å².